The van der Waals surface area contributed by atoms with Crippen molar-refractivity contribution < 1.29 is 4.79 Å². The highest BCUT2D eigenvalue weighted by molar-refractivity contribution is 6.30. The van der Waals surface area contributed by atoms with E-state index in [0.29, 0.717) is 6.04 Å². The van der Waals surface area contributed by atoms with E-state index in [0.717, 1.165) is 36.7 Å². The summed E-state index contributed by atoms with van der Waals surface area (Å²) in [5.74, 6) is 0.990. The quantitative estimate of drug-likeness (QED) is 0.798. The first-order valence-electron chi connectivity index (χ1n) is 10.0. The Morgan fingerprint density at radius 1 is 1.07 bits per heavy atom. The number of rotatable bonds is 5. The van der Waals surface area contributed by atoms with Gasteiger partial charge in [0.2, 0.25) is 5.91 Å². The van der Waals surface area contributed by atoms with Gasteiger partial charge in [-0.05, 0) is 66.8 Å². The minimum atomic E-state index is -0.113. The fourth-order valence-corrected chi connectivity index (χ4v) is 4.92. The smallest absolute Gasteiger partial charge is 0.226 e. The Kier molecular flexibility index (Phi) is 4.25. The summed E-state index contributed by atoms with van der Waals surface area (Å²) in [6.45, 7) is 0.829. The molecule has 2 N–H and O–H groups in total. The molecule has 0 radical (unpaired) electrons. The lowest BCUT2D eigenvalue weighted by atomic mass is 9.64. The monoisotopic (exact) mass is 380 g/mol. The molecule has 1 spiro atoms. The number of nitrogens with one attached hydrogen (secondary N) is 2. The number of hydrogen-bond acceptors (Lipinski definition) is 2. The van der Waals surface area contributed by atoms with Crippen LogP contribution in [0, 0.1) is 5.41 Å². The molecule has 1 heterocycles. The van der Waals surface area contributed by atoms with Gasteiger partial charge in [-0.2, -0.15) is 0 Å². The molecule has 0 aromatic heterocycles. The second kappa shape index (κ2) is 6.65. The topological polar surface area (TPSA) is 41.1 Å². The van der Waals surface area contributed by atoms with Crippen molar-refractivity contribution in [2.75, 3.05) is 6.54 Å². The summed E-state index contributed by atoms with van der Waals surface area (Å²) >= 11 is 6.11. The van der Waals surface area contributed by atoms with E-state index >= 15 is 0 Å². The van der Waals surface area contributed by atoms with E-state index in [-0.39, 0.29) is 17.4 Å². The van der Waals surface area contributed by atoms with Gasteiger partial charge in [0.1, 0.15) is 0 Å². The largest absolute Gasteiger partial charge is 0.356 e. The first-order chi connectivity index (χ1) is 13.1. The molecule has 3 aliphatic rings. The van der Waals surface area contributed by atoms with Crippen LogP contribution in [-0.4, -0.2) is 18.5 Å². The van der Waals surface area contributed by atoms with Gasteiger partial charge in [-0.15, -0.1) is 0 Å². The molecule has 1 unspecified atom stereocenters. The summed E-state index contributed by atoms with van der Waals surface area (Å²) in [5.41, 5.74) is 3.87. The van der Waals surface area contributed by atoms with Crippen molar-refractivity contribution in [1.29, 1.82) is 0 Å². The molecule has 3 fully saturated rings. The maximum Gasteiger partial charge on any atom is 0.226 e. The fourth-order valence-electron chi connectivity index (χ4n) is 4.79. The maximum atomic E-state index is 12.2. The zero-order valence-corrected chi connectivity index (χ0v) is 16.1. The van der Waals surface area contributed by atoms with Crippen LogP contribution in [0.15, 0.2) is 48.5 Å². The van der Waals surface area contributed by atoms with Crippen molar-refractivity contribution in [2.24, 2.45) is 5.41 Å². The first-order valence-corrected chi connectivity index (χ1v) is 10.4. The molecule has 5 rings (SSSR count). The molecule has 4 heteroatoms. The molecule has 0 bridgehead atoms. The van der Waals surface area contributed by atoms with Crippen LogP contribution >= 0.6 is 11.6 Å². The standard InChI is InChI=1S/C23H25ClN2O/c24-19-8-6-16(7-9-19)21(18-3-1-2-17(12-18)15-4-5-15)26-20-13-23(14-20)10-11-25-22(23)27/h1-3,6-9,12,15,20-21,26H,4-5,10-11,13-14H2,(H,25,27). The number of carbonyl (C=O) groups is 1. The van der Waals surface area contributed by atoms with Gasteiger partial charge < -0.3 is 10.6 Å². The molecular formula is C23H25ClN2O. The number of amides is 1. The predicted octanol–water partition coefficient (Wildman–Crippen LogP) is 4.57. The van der Waals surface area contributed by atoms with Crippen molar-refractivity contribution in [3.8, 4) is 0 Å². The van der Waals surface area contributed by atoms with E-state index in [1.54, 1.807) is 0 Å². The van der Waals surface area contributed by atoms with Crippen LogP contribution in [0.5, 0.6) is 0 Å². The lowest BCUT2D eigenvalue weighted by Gasteiger charge is -2.45. The fraction of sp³-hybridized carbons (Fsp3) is 0.435. The Balaban J connectivity index is 1.40. The van der Waals surface area contributed by atoms with E-state index in [9.17, 15) is 4.79 Å². The van der Waals surface area contributed by atoms with Crippen LogP contribution in [0.1, 0.15) is 60.8 Å². The summed E-state index contributed by atoms with van der Waals surface area (Å²) in [7, 11) is 0. The highest BCUT2D eigenvalue weighted by Crippen LogP contribution is 2.47. The van der Waals surface area contributed by atoms with Crippen molar-refractivity contribution in [3.63, 3.8) is 0 Å². The Labute approximate surface area is 165 Å². The highest BCUT2D eigenvalue weighted by Gasteiger charge is 2.52. The van der Waals surface area contributed by atoms with Gasteiger partial charge in [0, 0.05) is 17.6 Å². The minimum absolute atomic E-state index is 0.113. The van der Waals surface area contributed by atoms with E-state index < -0.39 is 0 Å². The highest BCUT2D eigenvalue weighted by atomic mass is 35.5. The van der Waals surface area contributed by atoms with Gasteiger partial charge in [-0.25, -0.2) is 0 Å². The van der Waals surface area contributed by atoms with E-state index in [2.05, 4.69) is 47.0 Å². The Morgan fingerprint density at radius 3 is 2.52 bits per heavy atom. The van der Waals surface area contributed by atoms with Crippen molar-refractivity contribution in [2.45, 2.75) is 50.1 Å². The molecule has 3 nitrogen and oxygen atoms in total. The lowest BCUT2D eigenvalue weighted by Crippen LogP contribution is -2.53. The minimum Gasteiger partial charge on any atom is -0.356 e. The van der Waals surface area contributed by atoms with Crippen molar-refractivity contribution in [3.05, 3.63) is 70.2 Å². The molecule has 1 saturated heterocycles. The average Bonchev–Trinajstić information content (AvgIpc) is 3.43. The Bertz CT molecular complexity index is 853. The summed E-state index contributed by atoms with van der Waals surface area (Å²) in [6, 6.07) is 17.7. The van der Waals surface area contributed by atoms with Gasteiger partial charge >= 0.3 is 0 Å². The third-order valence-corrected chi connectivity index (χ3v) is 6.80. The van der Waals surface area contributed by atoms with Gasteiger partial charge in [-0.3, -0.25) is 4.79 Å². The van der Waals surface area contributed by atoms with Crippen LogP contribution in [0.3, 0.4) is 0 Å². The molecule has 2 aliphatic carbocycles. The summed E-state index contributed by atoms with van der Waals surface area (Å²) in [4.78, 5) is 12.2. The second-order valence-corrected chi connectivity index (χ2v) is 8.92. The SMILES string of the molecule is O=C1NCCC12CC(NC(c1ccc(Cl)cc1)c1cccc(C3CC3)c1)C2. The van der Waals surface area contributed by atoms with Crippen LogP contribution in [0.25, 0.3) is 0 Å². The Morgan fingerprint density at radius 2 is 1.85 bits per heavy atom. The van der Waals surface area contributed by atoms with Crippen molar-refractivity contribution in [1.82, 2.24) is 10.6 Å². The summed E-state index contributed by atoms with van der Waals surface area (Å²) in [6.07, 6.45) is 5.47. The third-order valence-electron chi connectivity index (χ3n) is 6.54. The molecule has 1 atom stereocenters. The molecule has 1 amide bonds. The molecule has 2 aromatic rings. The summed E-state index contributed by atoms with van der Waals surface area (Å²) in [5, 5.41) is 7.60. The number of hydrogen-bond donors (Lipinski definition) is 2. The molecule has 2 aromatic carbocycles. The molecular weight excluding hydrogens is 356 g/mol. The molecule has 140 valence electrons. The van der Waals surface area contributed by atoms with Crippen LogP contribution in [0.2, 0.25) is 5.02 Å². The zero-order chi connectivity index (χ0) is 18.4. The van der Waals surface area contributed by atoms with E-state index in [1.165, 1.54) is 29.5 Å². The van der Waals surface area contributed by atoms with Gasteiger partial charge in [0.15, 0.2) is 0 Å². The summed E-state index contributed by atoms with van der Waals surface area (Å²) < 4.78 is 0. The Hall–Kier alpha value is -1.84. The second-order valence-electron chi connectivity index (χ2n) is 8.49. The van der Waals surface area contributed by atoms with Crippen molar-refractivity contribution >= 4 is 17.5 Å². The predicted molar refractivity (Wildman–Crippen MR) is 108 cm³/mol. The molecule has 1 aliphatic heterocycles. The van der Waals surface area contributed by atoms with Gasteiger partial charge in [0.05, 0.1) is 11.5 Å². The van der Waals surface area contributed by atoms with E-state index in [1.807, 2.05) is 12.1 Å². The number of benzene rings is 2. The van der Waals surface area contributed by atoms with Crippen LogP contribution < -0.4 is 10.6 Å². The first kappa shape index (κ1) is 17.3. The third kappa shape index (κ3) is 3.28. The normalized spacial score (nSPS) is 28.0. The molecule has 2 saturated carbocycles. The maximum absolute atomic E-state index is 12.2. The number of halogens is 1. The van der Waals surface area contributed by atoms with E-state index in [4.69, 9.17) is 11.6 Å². The zero-order valence-electron chi connectivity index (χ0n) is 15.4. The number of carbonyl (C=O) groups excluding carboxylic acids is 1. The molecule has 27 heavy (non-hydrogen) atoms. The van der Waals surface area contributed by atoms with Gasteiger partial charge in [-0.1, -0.05) is 48.0 Å². The van der Waals surface area contributed by atoms with Crippen LogP contribution in [0.4, 0.5) is 0 Å². The van der Waals surface area contributed by atoms with Crippen LogP contribution in [-0.2, 0) is 4.79 Å². The lowest BCUT2D eigenvalue weighted by molar-refractivity contribution is -0.133. The van der Waals surface area contributed by atoms with Gasteiger partial charge in [0.25, 0.3) is 0 Å². The average molecular weight is 381 g/mol.